The van der Waals surface area contributed by atoms with E-state index in [0.717, 1.165) is 11.1 Å². The molecule has 1 atom stereocenters. The molecule has 0 spiro atoms. The average molecular weight is 357 g/mol. The molecule has 0 unspecified atom stereocenters. The summed E-state index contributed by atoms with van der Waals surface area (Å²) in [7, 11) is 0. The molecule has 2 aromatic rings. The molecule has 3 rings (SSSR count). The lowest BCUT2D eigenvalue weighted by molar-refractivity contribution is -0.131. The van der Waals surface area contributed by atoms with Crippen molar-refractivity contribution in [3.63, 3.8) is 0 Å². The number of rotatable bonds is 4. The fraction of sp³-hybridized carbons (Fsp3) is 0.300. The molecule has 0 bridgehead atoms. The Morgan fingerprint density at radius 2 is 1.84 bits per heavy atom. The Bertz CT molecular complexity index is 748. The van der Waals surface area contributed by atoms with Gasteiger partial charge in [0, 0.05) is 43.4 Å². The molecule has 0 aliphatic carbocycles. The van der Waals surface area contributed by atoms with Crippen LogP contribution in [0.4, 0.5) is 0 Å². The summed E-state index contributed by atoms with van der Waals surface area (Å²) in [5.74, 6) is 0.00870. The van der Waals surface area contributed by atoms with E-state index in [1.807, 2.05) is 54.6 Å². The first-order valence-corrected chi connectivity index (χ1v) is 8.86. The molecule has 130 valence electrons. The molecular formula is C20H21ClN2O2. The Hall–Kier alpha value is -2.33. The summed E-state index contributed by atoms with van der Waals surface area (Å²) in [6.07, 6.45) is 0.720. The fourth-order valence-corrected chi connectivity index (χ4v) is 3.36. The van der Waals surface area contributed by atoms with Crippen LogP contribution in [0.15, 0.2) is 54.6 Å². The largest absolute Gasteiger partial charge is 0.354 e. The summed E-state index contributed by atoms with van der Waals surface area (Å²) >= 11 is 6.16. The van der Waals surface area contributed by atoms with E-state index in [1.165, 1.54) is 0 Å². The molecule has 4 nitrogen and oxygen atoms in total. The van der Waals surface area contributed by atoms with Crippen molar-refractivity contribution in [2.45, 2.75) is 18.8 Å². The van der Waals surface area contributed by atoms with Gasteiger partial charge in [-0.25, -0.2) is 0 Å². The lowest BCUT2D eigenvalue weighted by Gasteiger charge is -2.24. The first kappa shape index (κ1) is 17.5. The lowest BCUT2D eigenvalue weighted by atomic mass is 9.88. The zero-order valence-electron chi connectivity index (χ0n) is 14.0. The van der Waals surface area contributed by atoms with Crippen LogP contribution < -0.4 is 5.32 Å². The SMILES string of the molecule is O=C1CCN(C(=O)C[C@@H](c2ccccc2)c2cccc(Cl)c2)CCN1. The van der Waals surface area contributed by atoms with E-state index in [1.54, 1.807) is 4.90 Å². The van der Waals surface area contributed by atoms with Crippen molar-refractivity contribution >= 4 is 23.4 Å². The van der Waals surface area contributed by atoms with Gasteiger partial charge < -0.3 is 10.2 Å². The number of halogens is 1. The van der Waals surface area contributed by atoms with Crippen LogP contribution in [0.1, 0.15) is 29.9 Å². The monoisotopic (exact) mass is 356 g/mol. The van der Waals surface area contributed by atoms with Gasteiger partial charge in [0.15, 0.2) is 0 Å². The highest BCUT2D eigenvalue weighted by Gasteiger charge is 2.24. The molecular weight excluding hydrogens is 336 g/mol. The normalized spacial score (nSPS) is 16.0. The first-order valence-electron chi connectivity index (χ1n) is 8.48. The second-order valence-electron chi connectivity index (χ2n) is 6.20. The van der Waals surface area contributed by atoms with E-state index in [2.05, 4.69) is 5.32 Å². The Labute approximate surface area is 152 Å². The molecule has 0 saturated carbocycles. The van der Waals surface area contributed by atoms with Gasteiger partial charge in [-0.15, -0.1) is 0 Å². The molecule has 2 amide bonds. The molecule has 1 saturated heterocycles. The highest BCUT2D eigenvalue weighted by Crippen LogP contribution is 2.30. The molecule has 25 heavy (non-hydrogen) atoms. The van der Waals surface area contributed by atoms with Gasteiger partial charge in [-0.3, -0.25) is 9.59 Å². The van der Waals surface area contributed by atoms with Crippen LogP contribution in [-0.4, -0.2) is 36.3 Å². The third kappa shape index (κ3) is 4.60. The van der Waals surface area contributed by atoms with Gasteiger partial charge in [0.25, 0.3) is 0 Å². The summed E-state index contributed by atoms with van der Waals surface area (Å²) in [4.78, 5) is 26.1. The second-order valence-corrected chi connectivity index (χ2v) is 6.64. The van der Waals surface area contributed by atoms with Crippen molar-refractivity contribution in [2.24, 2.45) is 0 Å². The molecule has 1 N–H and O–H groups in total. The van der Waals surface area contributed by atoms with E-state index >= 15 is 0 Å². The van der Waals surface area contributed by atoms with Crippen molar-refractivity contribution < 1.29 is 9.59 Å². The molecule has 5 heteroatoms. The number of carbonyl (C=O) groups is 2. The third-order valence-corrected chi connectivity index (χ3v) is 4.73. The zero-order chi connectivity index (χ0) is 17.6. The van der Waals surface area contributed by atoms with Crippen LogP contribution >= 0.6 is 11.6 Å². The van der Waals surface area contributed by atoms with Crippen molar-refractivity contribution in [1.29, 1.82) is 0 Å². The van der Waals surface area contributed by atoms with Crippen molar-refractivity contribution in [1.82, 2.24) is 10.2 Å². The number of nitrogens with zero attached hydrogens (tertiary/aromatic N) is 1. The zero-order valence-corrected chi connectivity index (χ0v) is 14.7. The summed E-state index contributed by atoms with van der Waals surface area (Å²) in [6.45, 7) is 1.54. The maximum atomic E-state index is 12.9. The number of benzene rings is 2. The Morgan fingerprint density at radius 3 is 2.60 bits per heavy atom. The van der Waals surface area contributed by atoms with Gasteiger partial charge in [0.05, 0.1) is 0 Å². The summed E-state index contributed by atoms with van der Waals surface area (Å²) in [6, 6.07) is 17.7. The highest BCUT2D eigenvalue weighted by atomic mass is 35.5. The van der Waals surface area contributed by atoms with Gasteiger partial charge in [0.2, 0.25) is 11.8 Å². The second kappa shape index (κ2) is 8.17. The Morgan fingerprint density at radius 1 is 1.08 bits per heavy atom. The third-order valence-electron chi connectivity index (χ3n) is 4.50. The number of hydrogen-bond donors (Lipinski definition) is 1. The molecule has 1 aliphatic heterocycles. The van der Waals surface area contributed by atoms with Crippen LogP contribution in [0.5, 0.6) is 0 Å². The molecule has 0 radical (unpaired) electrons. The molecule has 0 aromatic heterocycles. The Balaban J connectivity index is 1.82. The topological polar surface area (TPSA) is 49.4 Å². The van der Waals surface area contributed by atoms with E-state index in [9.17, 15) is 9.59 Å². The van der Waals surface area contributed by atoms with Crippen LogP contribution in [0, 0.1) is 0 Å². The molecule has 1 heterocycles. The van der Waals surface area contributed by atoms with Gasteiger partial charge in [-0.2, -0.15) is 0 Å². The predicted molar refractivity (Wildman–Crippen MR) is 98.6 cm³/mol. The maximum Gasteiger partial charge on any atom is 0.223 e. The first-order chi connectivity index (χ1) is 12.1. The van der Waals surface area contributed by atoms with Crippen molar-refractivity contribution in [3.8, 4) is 0 Å². The van der Waals surface area contributed by atoms with E-state index in [4.69, 9.17) is 11.6 Å². The maximum absolute atomic E-state index is 12.9. The van der Waals surface area contributed by atoms with E-state index in [0.29, 0.717) is 37.5 Å². The minimum Gasteiger partial charge on any atom is -0.354 e. The van der Waals surface area contributed by atoms with Crippen LogP contribution in [0.3, 0.4) is 0 Å². The molecule has 1 fully saturated rings. The smallest absolute Gasteiger partial charge is 0.223 e. The average Bonchev–Trinajstić information content (AvgIpc) is 2.85. The number of nitrogens with one attached hydrogen (secondary N) is 1. The number of carbonyl (C=O) groups excluding carboxylic acids is 2. The quantitative estimate of drug-likeness (QED) is 0.914. The lowest BCUT2D eigenvalue weighted by Crippen LogP contribution is -2.35. The summed E-state index contributed by atoms with van der Waals surface area (Å²) in [5, 5.41) is 3.47. The number of hydrogen-bond acceptors (Lipinski definition) is 2. The van der Waals surface area contributed by atoms with Gasteiger partial charge in [-0.1, -0.05) is 54.1 Å². The van der Waals surface area contributed by atoms with Crippen molar-refractivity contribution in [2.75, 3.05) is 19.6 Å². The van der Waals surface area contributed by atoms with Gasteiger partial charge in [-0.05, 0) is 23.3 Å². The van der Waals surface area contributed by atoms with Crippen LogP contribution in [-0.2, 0) is 9.59 Å². The molecule has 1 aliphatic rings. The standard InChI is InChI=1S/C20H21ClN2O2/c21-17-8-4-7-16(13-17)18(15-5-2-1-3-6-15)14-20(25)23-11-9-19(24)22-10-12-23/h1-8,13,18H,9-12,14H2,(H,22,24)/t18-/m0/s1. The summed E-state index contributed by atoms with van der Waals surface area (Å²) < 4.78 is 0. The molecule has 2 aromatic carbocycles. The minimum absolute atomic E-state index is 0.00440. The van der Waals surface area contributed by atoms with Crippen LogP contribution in [0.2, 0.25) is 5.02 Å². The van der Waals surface area contributed by atoms with Crippen molar-refractivity contribution in [3.05, 3.63) is 70.7 Å². The Kier molecular flexibility index (Phi) is 5.71. The van der Waals surface area contributed by atoms with Crippen LogP contribution in [0.25, 0.3) is 0 Å². The number of amides is 2. The van der Waals surface area contributed by atoms with Gasteiger partial charge in [0.1, 0.15) is 0 Å². The highest BCUT2D eigenvalue weighted by molar-refractivity contribution is 6.30. The van der Waals surface area contributed by atoms with E-state index in [-0.39, 0.29) is 17.7 Å². The predicted octanol–water partition coefficient (Wildman–Crippen LogP) is 3.21. The minimum atomic E-state index is -0.0562. The summed E-state index contributed by atoms with van der Waals surface area (Å²) in [5.41, 5.74) is 2.11. The van der Waals surface area contributed by atoms with Gasteiger partial charge >= 0.3 is 0 Å². The fourth-order valence-electron chi connectivity index (χ4n) is 3.16. The van der Waals surface area contributed by atoms with E-state index < -0.39 is 0 Å².